The van der Waals surface area contributed by atoms with E-state index in [1.165, 1.54) is 0 Å². The van der Waals surface area contributed by atoms with Gasteiger partial charge >= 0.3 is 5.97 Å². The van der Waals surface area contributed by atoms with Crippen LogP contribution in [0.2, 0.25) is 0 Å². The number of carbonyl (C=O) groups is 1. The molecule has 0 amide bonds. The quantitative estimate of drug-likeness (QED) is 0.546. The average Bonchev–Trinajstić information content (AvgIpc) is 3.34. The fourth-order valence-electron chi connectivity index (χ4n) is 3.58. The Morgan fingerprint density at radius 3 is 2.38 bits per heavy atom. The van der Waals surface area contributed by atoms with Gasteiger partial charge in [-0.3, -0.25) is 0 Å². The van der Waals surface area contributed by atoms with Gasteiger partial charge in [0.15, 0.2) is 23.0 Å². The number of carbonyl (C=O) groups excluding carboxylic acids is 1. The molecule has 1 unspecified atom stereocenters. The van der Waals surface area contributed by atoms with Crippen LogP contribution in [-0.2, 0) is 16.0 Å². The maximum absolute atomic E-state index is 12.4. The smallest absolute Gasteiger partial charge is 0.334 e. The number of ether oxygens (including phenoxy) is 6. The molecule has 2 heterocycles. The standard InChI is InChI=1S/C22H22O7/c1-24-19-9-14(10-20(25-2)21(19)26-3)7-16-15(11-27-22(16)23)6-13-4-5-17-18(8-13)29-12-28-17/h4-5,7-10,15H,6,11-12H2,1-3H3/b16-7-. The van der Waals surface area contributed by atoms with Crippen LogP contribution in [0, 0.1) is 5.92 Å². The van der Waals surface area contributed by atoms with Gasteiger partial charge in [-0.1, -0.05) is 6.07 Å². The number of rotatable bonds is 6. The van der Waals surface area contributed by atoms with Crippen molar-refractivity contribution in [1.29, 1.82) is 0 Å². The van der Waals surface area contributed by atoms with Gasteiger partial charge in [0.2, 0.25) is 12.5 Å². The van der Waals surface area contributed by atoms with E-state index in [1.54, 1.807) is 33.5 Å². The third-order valence-corrected chi connectivity index (χ3v) is 5.02. The maximum Gasteiger partial charge on any atom is 0.334 e. The minimum Gasteiger partial charge on any atom is -0.493 e. The summed E-state index contributed by atoms with van der Waals surface area (Å²) >= 11 is 0. The largest absolute Gasteiger partial charge is 0.493 e. The highest BCUT2D eigenvalue weighted by molar-refractivity contribution is 5.96. The summed E-state index contributed by atoms with van der Waals surface area (Å²) < 4.78 is 32.3. The number of benzene rings is 2. The molecule has 7 heteroatoms. The molecule has 4 rings (SSSR count). The Labute approximate surface area is 168 Å². The summed E-state index contributed by atoms with van der Waals surface area (Å²) in [6, 6.07) is 9.42. The molecule has 1 fully saturated rings. The minimum absolute atomic E-state index is 0.0676. The van der Waals surface area contributed by atoms with Crippen molar-refractivity contribution in [2.45, 2.75) is 6.42 Å². The monoisotopic (exact) mass is 398 g/mol. The first-order valence-electron chi connectivity index (χ1n) is 9.20. The molecule has 7 nitrogen and oxygen atoms in total. The second-order valence-corrected chi connectivity index (χ2v) is 6.75. The van der Waals surface area contributed by atoms with Gasteiger partial charge in [-0.25, -0.2) is 4.79 Å². The van der Waals surface area contributed by atoms with Crippen LogP contribution in [-0.4, -0.2) is 40.7 Å². The Morgan fingerprint density at radius 2 is 1.69 bits per heavy atom. The first-order valence-corrected chi connectivity index (χ1v) is 9.20. The summed E-state index contributed by atoms with van der Waals surface area (Å²) in [6.45, 7) is 0.569. The highest BCUT2D eigenvalue weighted by atomic mass is 16.7. The van der Waals surface area contributed by atoms with Crippen LogP contribution in [0.5, 0.6) is 28.7 Å². The summed E-state index contributed by atoms with van der Waals surface area (Å²) in [5.41, 5.74) is 2.43. The molecule has 152 valence electrons. The molecule has 0 radical (unpaired) electrons. The molecule has 0 bridgehead atoms. The van der Waals surface area contributed by atoms with Crippen LogP contribution in [0.15, 0.2) is 35.9 Å². The second-order valence-electron chi connectivity index (χ2n) is 6.75. The molecular weight excluding hydrogens is 376 g/mol. The van der Waals surface area contributed by atoms with Gasteiger partial charge in [0, 0.05) is 11.5 Å². The second kappa shape index (κ2) is 7.95. The van der Waals surface area contributed by atoms with Crippen LogP contribution in [0.25, 0.3) is 6.08 Å². The molecule has 2 aliphatic rings. The number of hydrogen-bond donors (Lipinski definition) is 0. The number of methoxy groups -OCH3 is 3. The Balaban J connectivity index is 1.63. The van der Waals surface area contributed by atoms with Crippen LogP contribution >= 0.6 is 0 Å². The van der Waals surface area contributed by atoms with E-state index in [4.69, 9.17) is 28.4 Å². The van der Waals surface area contributed by atoms with Crippen molar-refractivity contribution in [3.63, 3.8) is 0 Å². The lowest BCUT2D eigenvalue weighted by atomic mass is 9.92. The van der Waals surface area contributed by atoms with Gasteiger partial charge in [-0.2, -0.15) is 0 Å². The Hall–Kier alpha value is -3.35. The zero-order valence-corrected chi connectivity index (χ0v) is 16.5. The van der Waals surface area contributed by atoms with E-state index in [2.05, 4.69) is 0 Å². The molecule has 29 heavy (non-hydrogen) atoms. The van der Waals surface area contributed by atoms with Crippen molar-refractivity contribution in [3.05, 3.63) is 47.0 Å². The van der Waals surface area contributed by atoms with E-state index in [0.29, 0.717) is 35.8 Å². The van der Waals surface area contributed by atoms with E-state index >= 15 is 0 Å². The third kappa shape index (κ3) is 3.68. The molecule has 0 aliphatic carbocycles. The average molecular weight is 398 g/mol. The third-order valence-electron chi connectivity index (χ3n) is 5.02. The van der Waals surface area contributed by atoms with Crippen LogP contribution in [0.1, 0.15) is 11.1 Å². The molecule has 0 N–H and O–H groups in total. The Bertz CT molecular complexity index is 939. The van der Waals surface area contributed by atoms with Crippen molar-refractivity contribution in [3.8, 4) is 28.7 Å². The highest BCUT2D eigenvalue weighted by Crippen LogP contribution is 2.40. The van der Waals surface area contributed by atoms with Gasteiger partial charge in [0.05, 0.1) is 27.9 Å². The van der Waals surface area contributed by atoms with Gasteiger partial charge in [0.25, 0.3) is 0 Å². The SMILES string of the molecule is COc1cc(/C=C2\C(=O)OCC2Cc2ccc3c(c2)OCO3)cc(OC)c1OC. The van der Waals surface area contributed by atoms with E-state index in [1.807, 2.05) is 24.3 Å². The van der Waals surface area contributed by atoms with E-state index < -0.39 is 0 Å². The predicted molar refractivity (Wildman–Crippen MR) is 105 cm³/mol. The summed E-state index contributed by atoms with van der Waals surface area (Å²) in [6.07, 6.45) is 2.47. The number of esters is 1. The fraction of sp³-hybridized carbons (Fsp3) is 0.318. The first kappa shape index (κ1) is 19.0. The van der Waals surface area contributed by atoms with Gasteiger partial charge in [-0.15, -0.1) is 0 Å². The van der Waals surface area contributed by atoms with Gasteiger partial charge in [0.1, 0.15) is 0 Å². The van der Waals surface area contributed by atoms with Crippen molar-refractivity contribution in [2.75, 3.05) is 34.7 Å². The first-order chi connectivity index (χ1) is 14.1. The van der Waals surface area contributed by atoms with Crippen LogP contribution in [0.3, 0.4) is 0 Å². The predicted octanol–water partition coefficient (Wildman–Crippen LogP) is 3.24. The summed E-state index contributed by atoms with van der Waals surface area (Å²) in [5.74, 6) is 2.63. The van der Waals surface area contributed by atoms with E-state index in [9.17, 15) is 4.79 Å². The van der Waals surface area contributed by atoms with E-state index in [0.717, 1.165) is 22.6 Å². The normalized spacial score (nSPS) is 18.7. The van der Waals surface area contributed by atoms with Crippen LogP contribution in [0.4, 0.5) is 0 Å². The lowest BCUT2D eigenvalue weighted by Crippen LogP contribution is -2.07. The molecule has 1 saturated heterocycles. The molecule has 2 aliphatic heterocycles. The lowest BCUT2D eigenvalue weighted by Gasteiger charge is -2.14. The molecule has 2 aromatic carbocycles. The number of cyclic esters (lactones) is 1. The molecule has 0 saturated carbocycles. The zero-order valence-electron chi connectivity index (χ0n) is 16.5. The summed E-state index contributed by atoms with van der Waals surface area (Å²) in [5, 5.41) is 0. The Morgan fingerprint density at radius 1 is 0.966 bits per heavy atom. The summed E-state index contributed by atoms with van der Waals surface area (Å²) in [4.78, 5) is 12.4. The topological polar surface area (TPSA) is 72.5 Å². The number of hydrogen-bond acceptors (Lipinski definition) is 7. The molecule has 1 atom stereocenters. The molecular formula is C22H22O7. The summed E-state index contributed by atoms with van der Waals surface area (Å²) in [7, 11) is 4.66. The van der Waals surface area contributed by atoms with Crippen molar-refractivity contribution in [1.82, 2.24) is 0 Å². The molecule has 0 spiro atoms. The Kier molecular flexibility index (Phi) is 5.20. The highest BCUT2D eigenvalue weighted by Gasteiger charge is 2.31. The minimum atomic E-state index is -0.315. The molecule has 0 aromatic heterocycles. The van der Waals surface area contributed by atoms with Crippen LogP contribution < -0.4 is 23.7 Å². The van der Waals surface area contributed by atoms with Crippen molar-refractivity contribution < 1.29 is 33.2 Å². The number of fused-ring (bicyclic) bond motifs is 1. The zero-order chi connectivity index (χ0) is 20.4. The van der Waals surface area contributed by atoms with Crippen molar-refractivity contribution in [2.24, 2.45) is 5.92 Å². The fourth-order valence-corrected chi connectivity index (χ4v) is 3.58. The van der Waals surface area contributed by atoms with Gasteiger partial charge < -0.3 is 28.4 Å². The van der Waals surface area contributed by atoms with E-state index in [-0.39, 0.29) is 18.7 Å². The molecule has 2 aromatic rings. The van der Waals surface area contributed by atoms with Gasteiger partial charge in [-0.05, 0) is 47.9 Å². The van der Waals surface area contributed by atoms with Crippen molar-refractivity contribution >= 4 is 12.0 Å². The lowest BCUT2D eigenvalue weighted by molar-refractivity contribution is -0.135. The maximum atomic E-state index is 12.4.